The van der Waals surface area contributed by atoms with Crippen molar-refractivity contribution in [3.63, 3.8) is 0 Å². The van der Waals surface area contributed by atoms with E-state index in [1.807, 2.05) is 0 Å². The number of aliphatic hydroxyl groups excluding tert-OH is 5. The summed E-state index contributed by atoms with van der Waals surface area (Å²) in [5, 5.41) is 54.0. The van der Waals surface area contributed by atoms with E-state index in [0.717, 1.165) is 44.9 Å². The summed E-state index contributed by atoms with van der Waals surface area (Å²) in [5.41, 5.74) is 0. The molecule has 7 atom stereocenters. The van der Waals surface area contributed by atoms with Crippen LogP contribution in [0.3, 0.4) is 0 Å². The van der Waals surface area contributed by atoms with E-state index in [0.29, 0.717) is 12.8 Å². The Morgan fingerprint density at radius 1 is 0.673 bits per heavy atom. The van der Waals surface area contributed by atoms with Gasteiger partial charge in [-0.3, -0.25) is 4.79 Å². The maximum atomic E-state index is 12.9. The van der Waals surface area contributed by atoms with Crippen LogP contribution in [0.15, 0.2) is 12.2 Å². The first kappa shape index (κ1) is 46.0. The van der Waals surface area contributed by atoms with Crippen LogP contribution >= 0.6 is 0 Å². The molecule has 1 fully saturated rings. The van der Waals surface area contributed by atoms with Crippen LogP contribution in [0.4, 0.5) is 0 Å². The molecule has 1 aliphatic rings. The smallest absolute Gasteiger partial charge is 0.220 e. The Morgan fingerprint density at radius 3 is 1.65 bits per heavy atom. The maximum Gasteiger partial charge on any atom is 0.220 e. The molecule has 0 bridgehead atoms. The number of carbonyl (C=O) groups is 1. The minimum Gasteiger partial charge on any atom is -0.394 e. The van der Waals surface area contributed by atoms with Crippen molar-refractivity contribution in [3.8, 4) is 0 Å². The number of amides is 1. The van der Waals surface area contributed by atoms with Gasteiger partial charge in [-0.25, -0.2) is 0 Å². The predicted octanol–water partition coefficient (Wildman–Crippen LogP) is 7.39. The molecular formula is C40H77NO8. The van der Waals surface area contributed by atoms with Crippen molar-refractivity contribution in [2.24, 2.45) is 0 Å². The highest BCUT2D eigenvalue weighted by molar-refractivity contribution is 5.76. The molecule has 1 aliphatic heterocycles. The number of ether oxygens (including phenoxy) is 2. The average molecular weight is 700 g/mol. The number of hydrogen-bond donors (Lipinski definition) is 6. The minimum atomic E-state index is -1.55. The second-order valence-electron chi connectivity index (χ2n) is 14.4. The Morgan fingerprint density at radius 2 is 1.14 bits per heavy atom. The first-order valence-electron chi connectivity index (χ1n) is 20.4. The number of nitrogens with one attached hydrogen (secondary N) is 1. The molecule has 1 heterocycles. The zero-order chi connectivity index (χ0) is 36.0. The normalized spacial score (nSPS) is 22.5. The van der Waals surface area contributed by atoms with Gasteiger partial charge in [-0.2, -0.15) is 0 Å². The second kappa shape index (κ2) is 31.6. The zero-order valence-electron chi connectivity index (χ0n) is 31.5. The molecule has 0 aromatic carbocycles. The molecule has 2 unspecified atom stereocenters. The molecule has 0 aromatic heterocycles. The first-order chi connectivity index (χ1) is 23.8. The molecule has 1 amide bonds. The van der Waals surface area contributed by atoms with Crippen LogP contribution in [0.2, 0.25) is 0 Å². The molecule has 6 N–H and O–H groups in total. The van der Waals surface area contributed by atoms with E-state index in [-0.39, 0.29) is 12.5 Å². The highest BCUT2D eigenvalue weighted by Gasteiger charge is 2.44. The fraction of sp³-hybridized carbons (Fsp3) is 0.925. The minimum absolute atomic E-state index is 0.147. The lowest BCUT2D eigenvalue weighted by Crippen LogP contribution is -2.60. The van der Waals surface area contributed by atoms with E-state index in [1.165, 1.54) is 109 Å². The van der Waals surface area contributed by atoms with Crippen LogP contribution in [0, 0.1) is 0 Å². The molecule has 0 aliphatic carbocycles. The molecule has 9 heteroatoms. The number of aliphatic hydroxyl groups is 5. The number of rotatable bonds is 33. The molecule has 0 aromatic rings. The number of allylic oxidation sites excluding steroid dienone is 2. The van der Waals surface area contributed by atoms with E-state index < -0.39 is 49.5 Å². The van der Waals surface area contributed by atoms with E-state index in [1.54, 1.807) is 0 Å². The lowest BCUT2D eigenvalue weighted by atomic mass is 9.99. The van der Waals surface area contributed by atoms with Gasteiger partial charge < -0.3 is 40.3 Å². The van der Waals surface area contributed by atoms with Crippen LogP contribution in [0.5, 0.6) is 0 Å². The third-order valence-electron chi connectivity index (χ3n) is 9.87. The molecule has 1 rings (SSSR count). The number of hydrogen-bond acceptors (Lipinski definition) is 8. The third kappa shape index (κ3) is 23.2. The van der Waals surface area contributed by atoms with Gasteiger partial charge in [-0.15, -0.1) is 0 Å². The van der Waals surface area contributed by atoms with Gasteiger partial charge in [-0.1, -0.05) is 148 Å². The highest BCUT2D eigenvalue weighted by atomic mass is 16.7. The van der Waals surface area contributed by atoms with Gasteiger partial charge in [0.25, 0.3) is 0 Å². The maximum absolute atomic E-state index is 12.9. The Bertz CT molecular complexity index is 781. The van der Waals surface area contributed by atoms with Gasteiger partial charge in [0, 0.05) is 6.42 Å². The van der Waals surface area contributed by atoms with Gasteiger partial charge >= 0.3 is 0 Å². The van der Waals surface area contributed by atoms with Crippen LogP contribution in [-0.4, -0.2) is 87.5 Å². The van der Waals surface area contributed by atoms with Crippen LogP contribution in [0.25, 0.3) is 0 Å². The largest absolute Gasteiger partial charge is 0.394 e. The predicted molar refractivity (Wildman–Crippen MR) is 198 cm³/mol. The van der Waals surface area contributed by atoms with E-state index in [9.17, 15) is 30.3 Å². The average Bonchev–Trinajstić information content (AvgIpc) is 3.10. The molecule has 0 saturated carbocycles. The summed E-state index contributed by atoms with van der Waals surface area (Å²) in [7, 11) is 0. The Balaban J connectivity index is 2.37. The van der Waals surface area contributed by atoms with Crippen molar-refractivity contribution >= 4 is 5.91 Å². The lowest BCUT2D eigenvalue weighted by Gasteiger charge is -2.40. The van der Waals surface area contributed by atoms with Gasteiger partial charge in [0.15, 0.2) is 6.29 Å². The van der Waals surface area contributed by atoms with Crippen molar-refractivity contribution in [2.45, 2.75) is 224 Å². The van der Waals surface area contributed by atoms with Gasteiger partial charge in [0.2, 0.25) is 5.91 Å². The molecule has 49 heavy (non-hydrogen) atoms. The topological polar surface area (TPSA) is 149 Å². The standard InChI is InChI=1S/C40H77NO8/c1-3-5-7-9-11-13-15-16-17-18-19-20-22-24-26-28-30-36(44)41-33(32-48-40-39(47)38(46)37(45)35(31-42)49-40)34(43)29-27-25-23-21-14-12-10-8-6-4-2/h14,21,33-35,37-40,42-43,45-47H,3-13,15-20,22-32H2,1-2H3,(H,41,44)/b21-14+/t33-,34+,35-,37-,38?,39?,40-/m0/s1. The lowest BCUT2D eigenvalue weighted by molar-refractivity contribution is -0.302. The van der Waals surface area contributed by atoms with Crippen LogP contribution < -0.4 is 5.32 Å². The summed E-state index contributed by atoms with van der Waals surface area (Å²) in [6, 6.07) is -0.727. The van der Waals surface area contributed by atoms with E-state index in [2.05, 4.69) is 31.3 Å². The second-order valence-corrected chi connectivity index (χ2v) is 14.4. The summed E-state index contributed by atoms with van der Waals surface area (Å²) in [6.45, 7) is 3.77. The van der Waals surface area contributed by atoms with Crippen LogP contribution in [0.1, 0.15) is 181 Å². The monoisotopic (exact) mass is 700 g/mol. The Kier molecular flexibility index (Phi) is 29.7. The summed E-state index contributed by atoms with van der Waals surface area (Å²) >= 11 is 0. The van der Waals surface area contributed by atoms with Gasteiger partial charge in [0.1, 0.15) is 24.4 Å². The van der Waals surface area contributed by atoms with E-state index >= 15 is 0 Å². The SMILES string of the molecule is CCCCCC/C=C/CCCC[C@@H](O)[C@H](CO[C@H]1O[C@@H](CO)[C@H](O)C(O)C1O)NC(=O)CCCCCCCCCCCCCCCCCC. The van der Waals surface area contributed by atoms with Crippen molar-refractivity contribution < 1.29 is 39.8 Å². The van der Waals surface area contributed by atoms with Gasteiger partial charge in [-0.05, 0) is 38.5 Å². The Labute approximate surface area is 299 Å². The third-order valence-corrected chi connectivity index (χ3v) is 9.87. The van der Waals surface area contributed by atoms with Crippen molar-refractivity contribution in [1.29, 1.82) is 0 Å². The first-order valence-corrected chi connectivity index (χ1v) is 20.4. The van der Waals surface area contributed by atoms with E-state index in [4.69, 9.17) is 9.47 Å². The molecule has 0 radical (unpaired) electrons. The number of carbonyl (C=O) groups excluding carboxylic acids is 1. The quantitative estimate of drug-likeness (QED) is 0.0307. The highest BCUT2D eigenvalue weighted by Crippen LogP contribution is 2.23. The molecule has 290 valence electrons. The summed E-state index contributed by atoms with van der Waals surface area (Å²) in [4.78, 5) is 12.9. The fourth-order valence-electron chi connectivity index (χ4n) is 6.51. The summed E-state index contributed by atoms with van der Waals surface area (Å²) in [6.07, 6.45) is 26.5. The summed E-state index contributed by atoms with van der Waals surface area (Å²) in [5.74, 6) is -0.155. The zero-order valence-corrected chi connectivity index (χ0v) is 31.5. The Hall–Kier alpha value is -1.07. The molecule has 1 saturated heterocycles. The number of unbranched alkanes of at least 4 members (excludes halogenated alkanes) is 21. The van der Waals surface area contributed by atoms with Crippen molar-refractivity contribution in [2.75, 3.05) is 13.2 Å². The fourth-order valence-corrected chi connectivity index (χ4v) is 6.51. The molecular weight excluding hydrogens is 622 g/mol. The van der Waals surface area contributed by atoms with Crippen molar-refractivity contribution in [3.05, 3.63) is 12.2 Å². The van der Waals surface area contributed by atoms with Crippen LogP contribution in [-0.2, 0) is 14.3 Å². The van der Waals surface area contributed by atoms with Crippen molar-refractivity contribution in [1.82, 2.24) is 5.32 Å². The molecule has 9 nitrogen and oxygen atoms in total. The molecule has 0 spiro atoms. The summed E-state index contributed by atoms with van der Waals surface area (Å²) < 4.78 is 11.2. The van der Waals surface area contributed by atoms with Gasteiger partial charge in [0.05, 0.1) is 25.4 Å².